The van der Waals surface area contributed by atoms with E-state index in [2.05, 4.69) is 0 Å². The van der Waals surface area contributed by atoms with Gasteiger partial charge in [0.05, 0.1) is 0 Å². The minimum Gasteiger partial charge on any atom is -0.479 e. The van der Waals surface area contributed by atoms with Crippen LogP contribution in [0.4, 0.5) is 0 Å². The lowest BCUT2D eigenvalue weighted by atomic mass is 9.91. The quantitative estimate of drug-likeness (QED) is 0.704. The summed E-state index contributed by atoms with van der Waals surface area (Å²) in [6, 6.07) is 9.36. The van der Waals surface area contributed by atoms with E-state index in [4.69, 9.17) is 5.73 Å². The summed E-state index contributed by atoms with van der Waals surface area (Å²) in [4.78, 5) is 36.8. The lowest BCUT2D eigenvalue weighted by Gasteiger charge is -2.37. The number of nitrogens with zero attached hydrogens (tertiary/aromatic N) is 1. The summed E-state index contributed by atoms with van der Waals surface area (Å²) in [6.45, 7) is 3.29. The highest BCUT2D eigenvalue weighted by Gasteiger charge is 2.50. The summed E-state index contributed by atoms with van der Waals surface area (Å²) in [7, 11) is 0. The number of nitrogens with two attached hydrogens (primary N) is 1. The predicted molar refractivity (Wildman–Crippen MR) is 82.0 cm³/mol. The summed E-state index contributed by atoms with van der Waals surface area (Å²) in [5.74, 6) is -2.81. The fraction of sp³-hybridized carbons (Fsp3) is 0.438. The molecule has 1 aromatic carbocycles. The van der Waals surface area contributed by atoms with Crippen molar-refractivity contribution >= 4 is 17.8 Å². The van der Waals surface area contributed by atoms with Crippen LogP contribution in [0.25, 0.3) is 0 Å². The number of carbonyl (C=O) groups is 3. The van der Waals surface area contributed by atoms with Crippen molar-refractivity contribution in [1.82, 2.24) is 4.90 Å². The smallest absolute Gasteiger partial charge is 0.339 e. The van der Waals surface area contributed by atoms with Gasteiger partial charge in [0, 0.05) is 13.0 Å². The Labute approximate surface area is 129 Å². The van der Waals surface area contributed by atoms with Crippen LogP contribution >= 0.6 is 0 Å². The first-order valence-electron chi connectivity index (χ1n) is 7.27. The van der Waals surface area contributed by atoms with Crippen LogP contribution in [0, 0.1) is 0 Å². The molecule has 120 valence electrons. The second-order valence-corrected chi connectivity index (χ2v) is 5.02. The van der Waals surface area contributed by atoms with Gasteiger partial charge in [-0.3, -0.25) is 9.59 Å². The zero-order valence-corrected chi connectivity index (χ0v) is 12.9. The van der Waals surface area contributed by atoms with E-state index in [0.717, 1.165) is 10.5 Å². The molecule has 0 spiro atoms. The third-order valence-corrected chi connectivity index (χ3v) is 3.80. The second-order valence-electron chi connectivity index (χ2n) is 5.02. The number of rotatable bonds is 8. The van der Waals surface area contributed by atoms with Gasteiger partial charge >= 0.3 is 5.97 Å². The standard InChI is InChI=1S/C16H22N2O4/c1-3-13(19)18(11-10-12-8-6-5-7-9-12)16(4-2,14(17)20)15(21)22/h5-9H,3-4,10-11H2,1-2H3,(H2,17,20)(H,21,22)/t16-/m1/s1. The average molecular weight is 306 g/mol. The molecule has 22 heavy (non-hydrogen) atoms. The van der Waals surface area contributed by atoms with Crippen LogP contribution in [0.2, 0.25) is 0 Å². The molecule has 2 amide bonds. The van der Waals surface area contributed by atoms with E-state index in [0.29, 0.717) is 6.42 Å². The highest BCUT2D eigenvalue weighted by Crippen LogP contribution is 2.22. The first-order valence-corrected chi connectivity index (χ1v) is 7.27. The van der Waals surface area contributed by atoms with Gasteiger partial charge in [0.25, 0.3) is 5.91 Å². The molecule has 1 aromatic rings. The van der Waals surface area contributed by atoms with Gasteiger partial charge in [0.2, 0.25) is 11.4 Å². The fourth-order valence-electron chi connectivity index (χ4n) is 2.48. The number of primary amides is 1. The van der Waals surface area contributed by atoms with Crippen LogP contribution in [0.3, 0.4) is 0 Å². The molecule has 6 heteroatoms. The predicted octanol–water partition coefficient (Wildman–Crippen LogP) is 1.19. The van der Waals surface area contributed by atoms with Crippen LogP contribution in [-0.4, -0.2) is 39.9 Å². The molecular formula is C16H22N2O4. The number of hydrogen-bond acceptors (Lipinski definition) is 3. The van der Waals surface area contributed by atoms with Crippen LogP contribution in [0.1, 0.15) is 32.3 Å². The number of hydrogen-bond donors (Lipinski definition) is 2. The van der Waals surface area contributed by atoms with Crippen molar-refractivity contribution in [1.29, 1.82) is 0 Å². The molecule has 1 atom stereocenters. The van der Waals surface area contributed by atoms with Gasteiger partial charge < -0.3 is 15.7 Å². The number of aliphatic carboxylic acids is 1. The minimum absolute atomic E-state index is 0.0712. The van der Waals surface area contributed by atoms with Crippen LogP contribution in [-0.2, 0) is 20.8 Å². The molecular weight excluding hydrogens is 284 g/mol. The zero-order chi connectivity index (χ0) is 16.8. The normalized spacial score (nSPS) is 13.2. The summed E-state index contributed by atoms with van der Waals surface area (Å²) in [5, 5.41) is 9.51. The Morgan fingerprint density at radius 3 is 2.18 bits per heavy atom. The van der Waals surface area contributed by atoms with E-state index >= 15 is 0 Å². The van der Waals surface area contributed by atoms with Crippen molar-refractivity contribution in [3.8, 4) is 0 Å². The van der Waals surface area contributed by atoms with Crippen LogP contribution in [0.15, 0.2) is 30.3 Å². The maximum Gasteiger partial charge on any atom is 0.339 e. The van der Waals surface area contributed by atoms with Gasteiger partial charge in [0.15, 0.2) is 0 Å². The molecule has 0 aliphatic rings. The molecule has 3 N–H and O–H groups in total. The monoisotopic (exact) mass is 306 g/mol. The van der Waals surface area contributed by atoms with E-state index < -0.39 is 23.3 Å². The molecule has 0 radical (unpaired) electrons. The third-order valence-electron chi connectivity index (χ3n) is 3.80. The molecule has 6 nitrogen and oxygen atoms in total. The van der Waals surface area contributed by atoms with Crippen molar-refractivity contribution in [3.63, 3.8) is 0 Å². The van der Waals surface area contributed by atoms with Crippen LogP contribution in [0.5, 0.6) is 0 Å². The Kier molecular flexibility index (Phi) is 6.10. The molecule has 0 saturated carbocycles. The van der Waals surface area contributed by atoms with Crippen molar-refractivity contribution < 1.29 is 19.5 Å². The maximum absolute atomic E-state index is 12.2. The first kappa shape index (κ1) is 17.7. The largest absolute Gasteiger partial charge is 0.479 e. The summed E-state index contributed by atoms with van der Waals surface area (Å²) >= 11 is 0. The fourth-order valence-corrected chi connectivity index (χ4v) is 2.48. The summed E-state index contributed by atoms with van der Waals surface area (Å²) in [5.41, 5.74) is 4.29. The van der Waals surface area contributed by atoms with E-state index in [1.807, 2.05) is 30.3 Å². The van der Waals surface area contributed by atoms with Gasteiger partial charge in [-0.2, -0.15) is 0 Å². The Bertz CT molecular complexity index is 528. The zero-order valence-electron chi connectivity index (χ0n) is 12.9. The first-order chi connectivity index (χ1) is 10.4. The highest BCUT2D eigenvalue weighted by atomic mass is 16.4. The summed E-state index contributed by atoms with van der Waals surface area (Å²) < 4.78 is 0. The van der Waals surface area contributed by atoms with E-state index in [9.17, 15) is 19.5 Å². The Morgan fingerprint density at radius 1 is 1.18 bits per heavy atom. The van der Waals surface area contributed by atoms with Crippen LogP contribution < -0.4 is 5.73 Å². The lowest BCUT2D eigenvalue weighted by molar-refractivity contribution is -0.164. The number of carbonyl (C=O) groups excluding carboxylic acids is 2. The van der Waals surface area contributed by atoms with Crippen molar-refractivity contribution in [2.45, 2.75) is 38.6 Å². The van der Waals surface area contributed by atoms with E-state index in [-0.39, 0.29) is 19.4 Å². The molecule has 0 saturated heterocycles. The Balaban J connectivity index is 3.12. The minimum atomic E-state index is -2.00. The van der Waals surface area contributed by atoms with Gasteiger partial charge in [0.1, 0.15) is 0 Å². The number of benzene rings is 1. The van der Waals surface area contributed by atoms with Crippen molar-refractivity contribution in [3.05, 3.63) is 35.9 Å². The van der Waals surface area contributed by atoms with Gasteiger partial charge in [-0.15, -0.1) is 0 Å². The molecule has 0 aliphatic heterocycles. The Morgan fingerprint density at radius 2 is 1.77 bits per heavy atom. The third kappa shape index (κ3) is 3.44. The molecule has 0 bridgehead atoms. The van der Waals surface area contributed by atoms with Gasteiger partial charge in [-0.1, -0.05) is 44.2 Å². The van der Waals surface area contributed by atoms with Crippen molar-refractivity contribution in [2.24, 2.45) is 5.73 Å². The topological polar surface area (TPSA) is 101 Å². The highest BCUT2D eigenvalue weighted by molar-refractivity contribution is 6.08. The number of carboxylic acid groups (broad SMARTS) is 1. The maximum atomic E-state index is 12.2. The summed E-state index contributed by atoms with van der Waals surface area (Å²) in [6.07, 6.45) is 0.490. The Hall–Kier alpha value is -2.37. The molecule has 0 unspecified atom stereocenters. The average Bonchev–Trinajstić information content (AvgIpc) is 2.51. The van der Waals surface area contributed by atoms with Gasteiger partial charge in [-0.25, -0.2) is 4.79 Å². The molecule has 0 aliphatic carbocycles. The molecule has 0 heterocycles. The van der Waals surface area contributed by atoms with E-state index in [1.165, 1.54) is 6.92 Å². The number of carboxylic acids is 1. The van der Waals surface area contributed by atoms with Gasteiger partial charge in [-0.05, 0) is 18.4 Å². The van der Waals surface area contributed by atoms with Crippen molar-refractivity contribution in [2.75, 3.05) is 6.54 Å². The van der Waals surface area contributed by atoms with E-state index in [1.54, 1.807) is 6.92 Å². The lowest BCUT2D eigenvalue weighted by Crippen LogP contribution is -2.64. The molecule has 1 rings (SSSR count). The SMILES string of the molecule is CCC(=O)N(CCc1ccccc1)[C@](CC)(C(N)=O)C(=O)O. The molecule has 0 fully saturated rings. The number of amides is 2. The molecule has 0 aromatic heterocycles. The second kappa shape index (κ2) is 7.59.